The van der Waals surface area contributed by atoms with Gasteiger partial charge in [0.2, 0.25) is 0 Å². The summed E-state index contributed by atoms with van der Waals surface area (Å²) in [6, 6.07) is 0. The lowest BCUT2D eigenvalue weighted by atomic mass is 9.90. The van der Waals surface area contributed by atoms with Crippen molar-refractivity contribution in [3.8, 4) is 11.8 Å². The summed E-state index contributed by atoms with van der Waals surface area (Å²) in [5.41, 5.74) is -1.03. The molecule has 0 aromatic rings. The number of hydroxylamine groups is 2. The molecule has 1 aliphatic rings. The Morgan fingerprint density at radius 1 is 0.929 bits per heavy atom. The average Bonchev–Trinajstić information content (AvgIpc) is 2.84. The van der Waals surface area contributed by atoms with Gasteiger partial charge < -0.3 is 0 Å². The highest BCUT2D eigenvalue weighted by molar-refractivity contribution is 8.71. The van der Waals surface area contributed by atoms with Crippen LogP contribution in [0, 0.1) is 11.8 Å². The first kappa shape index (κ1) is 25.8. The molecule has 1 heterocycles. The van der Waals surface area contributed by atoms with Crippen molar-refractivity contribution in [2.24, 2.45) is 0 Å². The molecule has 4 nitrogen and oxygen atoms in total. The van der Waals surface area contributed by atoms with E-state index >= 15 is 0 Å². The number of hydrogen-bond donors (Lipinski definition) is 0. The van der Waals surface area contributed by atoms with Crippen LogP contribution >= 0.6 is 10.8 Å². The van der Waals surface area contributed by atoms with Gasteiger partial charge >= 0.3 is 0 Å². The van der Waals surface area contributed by atoms with Crippen LogP contribution in [0.15, 0.2) is 0 Å². The summed E-state index contributed by atoms with van der Waals surface area (Å²) in [4.78, 5) is 0. The number of rotatable bonds is 13. The molecule has 1 aliphatic heterocycles. The summed E-state index contributed by atoms with van der Waals surface area (Å²) < 4.78 is 22.5. The van der Waals surface area contributed by atoms with Gasteiger partial charge in [0.15, 0.2) is 8.87 Å². The average molecular weight is 431 g/mol. The number of unbranched alkanes of at least 4 members (excludes halogenated alkanes) is 9. The summed E-state index contributed by atoms with van der Waals surface area (Å²) >= 11 is 0. The van der Waals surface area contributed by atoms with E-state index in [1.54, 1.807) is 0 Å². The first-order valence-corrected chi connectivity index (χ1v) is 14.3. The lowest BCUT2D eigenvalue weighted by molar-refractivity contribution is -0.240. The fraction of sp³-hybridized carbons (Fsp3) is 0.909. The van der Waals surface area contributed by atoms with Crippen molar-refractivity contribution in [2.75, 3.05) is 12.0 Å². The fourth-order valence-corrected chi connectivity index (χ4v) is 5.10. The summed E-state index contributed by atoms with van der Waals surface area (Å²) in [7, 11) is -2.25. The molecule has 0 aromatic carbocycles. The third-order valence-electron chi connectivity index (χ3n) is 5.70. The standard InChI is InChI=1S/C22H40NO3S2/c1-5-6-7-8-9-10-11-12-13-14-16-22(17-15-20-27-28(4,25)26)19-18-21(2,3)23(22)24/h5-14,16,18-20H2,1-4H3. The van der Waals surface area contributed by atoms with E-state index in [4.69, 9.17) is 0 Å². The van der Waals surface area contributed by atoms with E-state index in [-0.39, 0.29) is 5.75 Å². The van der Waals surface area contributed by atoms with E-state index in [1.165, 1.54) is 62.7 Å². The van der Waals surface area contributed by atoms with Gasteiger partial charge in [-0.1, -0.05) is 83.0 Å². The van der Waals surface area contributed by atoms with Gasteiger partial charge in [-0.2, -0.15) is 0 Å². The summed E-state index contributed by atoms with van der Waals surface area (Å²) in [6.45, 7) is 6.20. The van der Waals surface area contributed by atoms with Crippen molar-refractivity contribution >= 4 is 19.7 Å². The minimum Gasteiger partial charge on any atom is -0.218 e. The number of nitrogens with zero attached hydrogens (tertiary/aromatic N) is 1. The van der Waals surface area contributed by atoms with E-state index in [1.807, 2.05) is 13.8 Å². The van der Waals surface area contributed by atoms with Crippen LogP contribution in [0.2, 0.25) is 0 Å². The summed E-state index contributed by atoms with van der Waals surface area (Å²) in [5, 5.41) is 14.1. The minimum absolute atomic E-state index is 0.229. The van der Waals surface area contributed by atoms with Gasteiger partial charge in [0.05, 0.1) is 5.75 Å². The van der Waals surface area contributed by atoms with E-state index in [9.17, 15) is 13.6 Å². The van der Waals surface area contributed by atoms with E-state index in [2.05, 4.69) is 18.8 Å². The van der Waals surface area contributed by atoms with Crippen molar-refractivity contribution in [2.45, 2.75) is 115 Å². The molecule has 1 radical (unpaired) electrons. The normalized spacial score (nSPS) is 22.2. The van der Waals surface area contributed by atoms with Crippen molar-refractivity contribution < 1.29 is 13.6 Å². The third-order valence-corrected chi connectivity index (χ3v) is 8.03. The lowest BCUT2D eigenvalue weighted by Crippen LogP contribution is -2.47. The van der Waals surface area contributed by atoms with E-state index in [0.717, 1.165) is 42.9 Å². The minimum atomic E-state index is -3.09. The third kappa shape index (κ3) is 9.52. The second kappa shape index (κ2) is 12.5. The van der Waals surface area contributed by atoms with Crippen LogP contribution < -0.4 is 0 Å². The molecule has 0 N–H and O–H groups in total. The monoisotopic (exact) mass is 430 g/mol. The van der Waals surface area contributed by atoms with Gasteiger partial charge in [0.1, 0.15) is 5.54 Å². The van der Waals surface area contributed by atoms with E-state index in [0.29, 0.717) is 0 Å². The van der Waals surface area contributed by atoms with Crippen LogP contribution in [-0.2, 0) is 14.1 Å². The zero-order valence-corrected chi connectivity index (χ0v) is 20.0. The van der Waals surface area contributed by atoms with Crippen LogP contribution in [0.25, 0.3) is 0 Å². The highest BCUT2D eigenvalue weighted by Gasteiger charge is 2.50. The Hall–Kier alpha value is -0.220. The highest BCUT2D eigenvalue weighted by Crippen LogP contribution is 2.42. The van der Waals surface area contributed by atoms with Gasteiger partial charge in [-0.05, 0) is 43.9 Å². The summed E-state index contributed by atoms with van der Waals surface area (Å²) in [6.07, 6.45) is 16.3. The molecule has 0 saturated carbocycles. The zero-order chi connectivity index (χ0) is 21.1. The Kier molecular flexibility index (Phi) is 11.5. The Morgan fingerprint density at radius 2 is 1.46 bits per heavy atom. The Bertz CT molecular complexity index is 607. The summed E-state index contributed by atoms with van der Waals surface area (Å²) in [5.74, 6) is 6.38. The van der Waals surface area contributed by atoms with Crippen LogP contribution in [0.4, 0.5) is 0 Å². The van der Waals surface area contributed by atoms with Crippen LogP contribution in [0.1, 0.15) is 104 Å². The molecule has 1 unspecified atom stereocenters. The van der Waals surface area contributed by atoms with Crippen molar-refractivity contribution in [3.05, 3.63) is 0 Å². The molecule has 1 rings (SSSR count). The predicted octanol–water partition coefficient (Wildman–Crippen LogP) is 5.95. The molecule has 6 heteroatoms. The van der Waals surface area contributed by atoms with Crippen molar-refractivity contribution in [1.29, 1.82) is 0 Å². The molecule has 1 atom stereocenters. The first-order valence-electron chi connectivity index (χ1n) is 10.9. The Morgan fingerprint density at radius 3 is 1.93 bits per heavy atom. The van der Waals surface area contributed by atoms with Gasteiger partial charge in [-0.25, -0.2) is 8.42 Å². The highest BCUT2D eigenvalue weighted by atomic mass is 33.1. The number of hydrogen-bond acceptors (Lipinski definition) is 4. The van der Waals surface area contributed by atoms with Gasteiger partial charge in [-0.15, -0.1) is 10.3 Å². The maximum Gasteiger partial charge on any atom is 0.199 e. The molecule has 1 saturated heterocycles. The first-order chi connectivity index (χ1) is 13.1. The molecule has 0 aromatic heterocycles. The molecule has 28 heavy (non-hydrogen) atoms. The molecular weight excluding hydrogens is 390 g/mol. The van der Waals surface area contributed by atoms with Crippen LogP contribution in [0.5, 0.6) is 0 Å². The Balaban J connectivity index is 2.43. The molecule has 0 bridgehead atoms. The fourth-order valence-electron chi connectivity index (χ4n) is 3.94. The van der Waals surface area contributed by atoms with Crippen LogP contribution in [-0.4, -0.2) is 36.6 Å². The second-order valence-electron chi connectivity index (χ2n) is 8.84. The maximum atomic E-state index is 12.9. The quantitative estimate of drug-likeness (QED) is 0.206. The van der Waals surface area contributed by atoms with E-state index < -0.39 is 19.9 Å². The molecule has 163 valence electrons. The lowest BCUT2D eigenvalue weighted by Gasteiger charge is -2.34. The van der Waals surface area contributed by atoms with Crippen LogP contribution in [0.3, 0.4) is 0 Å². The van der Waals surface area contributed by atoms with Crippen molar-refractivity contribution in [1.82, 2.24) is 5.06 Å². The molecular formula is C22H40NO3S2. The van der Waals surface area contributed by atoms with Gasteiger partial charge in [-0.3, -0.25) is 0 Å². The molecule has 0 amide bonds. The topological polar surface area (TPSA) is 57.3 Å². The zero-order valence-electron chi connectivity index (χ0n) is 18.4. The van der Waals surface area contributed by atoms with Gasteiger partial charge in [0.25, 0.3) is 0 Å². The van der Waals surface area contributed by atoms with Crippen molar-refractivity contribution in [3.63, 3.8) is 0 Å². The SMILES string of the molecule is CCCCCCCCCCCCC1(C#CCSS(C)(=O)=O)CCC(C)(C)N1[O]. The Labute approximate surface area is 177 Å². The largest absolute Gasteiger partial charge is 0.218 e. The second-order valence-corrected chi connectivity index (χ2v) is 13.3. The smallest absolute Gasteiger partial charge is 0.199 e. The molecule has 1 fully saturated rings. The maximum absolute atomic E-state index is 12.9. The molecule has 0 spiro atoms. The van der Waals surface area contributed by atoms with Gasteiger partial charge in [0, 0.05) is 11.8 Å². The predicted molar refractivity (Wildman–Crippen MR) is 120 cm³/mol. The molecule has 0 aliphatic carbocycles.